The molecule has 94 valence electrons. The van der Waals surface area contributed by atoms with Gasteiger partial charge >= 0.3 is 0 Å². The highest BCUT2D eigenvalue weighted by molar-refractivity contribution is 6.17. The van der Waals surface area contributed by atoms with Gasteiger partial charge in [0.25, 0.3) is 0 Å². The lowest BCUT2D eigenvalue weighted by Crippen LogP contribution is -2.14. The van der Waals surface area contributed by atoms with Crippen LogP contribution in [0.15, 0.2) is 12.1 Å². The molecule has 1 saturated carbocycles. The maximum absolute atomic E-state index is 5.86. The van der Waals surface area contributed by atoms with Crippen LogP contribution in [-0.4, -0.2) is 11.6 Å². The van der Waals surface area contributed by atoms with Crippen molar-refractivity contribution in [2.75, 3.05) is 6.61 Å². The van der Waals surface area contributed by atoms with Crippen molar-refractivity contribution in [2.24, 2.45) is 5.92 Å². The van der Waals surface area contributed by atoms with E-state index in [-0.39, 0.29) is 0 Å². The molecule has 2 rings (SSSR count). The smallest absolute Gasteiger partial charge is 0.213 e. The van der Waals surface area contributed by atoms with Crippen molar-refractivity contribution in [2.45, 2.75) is 44.9 Å². The Kier molecular flexibility index (Phi) is 4.66. The number of alkyl halides is 1. The van der Waals surface area contributed by atoms with E-state index in [9.17, 15) is 0 Å². The summed E-state index contributed by atoms with van der Waals surface area (Å²) in [7, 11) is 0. The summed E-state index contributed by atoms with van der Waals surface area (Å²) in [5.41, 5.74) is 2.15. The van der Waals surface area contributed by atoms with Gasteiger partial charge in [-0.3, -0.25) is 0 Å². The van der Waals surface area contributed by atoms with Gasteiger partial charge in [-0.2, -0.15) is 0 Å². The minimum atomic E-state index is 0.522. The van der Waals surface area contributed by atoms with Gasteiger partial charge in [-0.05, 0) is 30.4 Å². The van der Waals surface area contributed by atoms with E-state index < -0.39 is 0 Å². The number of aromatic nitrogens is 1. The molecule has 0 aromatic carbocycles. The summed E-state index contributed by atoms with van der Waals surface area (Å²) in [6.07, 6.45) is 6.22. The van der Waals surface area contributed by atoms with Gasteiger partial charge in [-0.25, -0.2) is 4.98 Å². The fraction of sp³-hybridized carbons (Fsp3) is 0.643. The predicted molar refractivity (Wildman–Crippen MR) is 70.6 cm³/mol. The molecular formula is C14H20ClNO. The van der Waals surface area contributed by atoms with Gasteiger partial charge in [-0.15, -0.1) is 11.6 Å². The van der Waals surface area contributed by atoms with Crippen LogP contribution in [0.5, 0.6) is 5.88 Å². The van der Waals surface area contributed by atoms with E-state index in [2.05, 4.69) is 11.9 Å². The Morgan fingerprint density at radius 2 is 2.24 bits per heavy atom. The maximum atomic E-state index is 5.86. The van der Waals surface area contributed by atoms with Crippen LogP contribution >= 0.6 is 11.6 Å². The SMILES string of the molecule is CCc1cc(CCl)cc(OCCC2CCC2)n1. The summed E-state index contributed by atoms with van der Waals surface area (Å²) >= 11 is 5.86. The number of hydrogen-bond acceptors (Lipinski definition) is 2. The minimum Gasteiger partial charge on any atom is -0.478 e. The summed E-state index contributed by atoms with van der Waals surface area (Å²) in [4.78, 5) is 4.46. The van der Waals surface area contributed by atoms with Crippen molar-refractivity contribution >= 4 is 11.6 Å². The second-order valence-electron chi connectivity index (χ2n) is 4.73. The van der Waals surface area contributed by atoms with E-state index in [1.54, 1.807) is 0 Å². The van der Waals surface area contributed by atoms with E-state index in [0.29, 0.717) is 5.88 Å². The summed E-state index contributed by atoms with van der Waals surface area (Å²) in [5.74, 6) is 2.14. The molecule has 0 N–H and O–H groups in total. The zero-order valence-electron chi connectivity index (χ0n) is 10.4. The quantitative estimate of drug-likeness (QED) is 0.716. The molecule has 0 aliphatic heterocycles. The number of halogens is 1. The van der Waals surface area contributed by atoms with Crippen LogP contribution in [-0.2, 0) is 12.3 Å². The van der Waals surface area contributed by atoms with Crippen LogP contribution in [0.3, 0.4) is 0 Å². The first-order chi connectivity index (χ1) is 8.31. The Labute approximate surface area is 108 Å². The predicted octanol–water partition coefficient (Wildman–Crippen LogP) is 3.95. The lowest BCUT2D eigenvalue weighted by Gasteiger charge is -2.24. The van der Waals surface area contributed by atoms with Gasteiger partial charge in [0.1, 0.15) is 0 Å². The van der Waals surface area contributed by atoms with Crippen molar-refractivity contribution in [3.05, 3.63) is 23.4 Å². The van der Waals surface area contributed by atoms with Crippen molar-refractivity contribution in [1.82, 2.24) is 4.98 Å². The van der Waals surface area contributed by atoms with Crippen LogP contribution in [0.1, 0.15) is 43.9 Å². The Morgan fingerprint density at radius 1 is 1.41 bits per heavy atom. The van der Waals surface area contributed by atoms with Crippen molar-refractivity contribution in [3.63, 3.8) is 0 Å². The molecule has 2 nitrogen and oxygen atoms in total. The molecule has 0 atom stereocenters. The van der Waals surface area contributed by atoms with E-state index in [0.717, 1.165) is 42.5 Å². The lowest BCUT2D eigenvalue weighted by molar-refractivity contribution is 0.217. The molecular weight excluding hydrogens is 234 g/mol. The second kappa shape index (κ2) is 6.25. The van der Waals surface area contributed by atoms with Crippen molar-refractivity contribution in [3.8, 4) is 5.88 Å². The van der Waals surface area contributed by atoms with Gasteiger partial charge in [0.05, 0.1) is 6.61 Å². The Balaban J connectivity index is 1.89. The van der Waals surface area contributed by atoms with E-state index in [1.807, 2.05) is 12.1 Å². The molecule has 0 unspecified atom stereocenters. The molecule has 1 aliphatic carbocycles. The van der Waals surface area contributed by atoms with E-state index >= 15 is 0 Å². The number of ether oxygens (including phenoxy) is 1. The number of nitrogens with zero attached hydrogens (tertiary/aromatic N) is 1. The number of hydrogen-bond donors (Lipinski definition) is 0. The summed E-state index contributed by atoms with van der Waals surface area (Å²) in [6, 6.07) is 4.00. The van der Waals surface area contributed by atoms with Crippen LogP contribution in [0.2, 0.25) is 0 Å². The third-order valence-corrected chi connectivity index (χ3v) is 3.74. The van der Waals surface area contributed by atoms with E-state index in [4.69, 9.17) is 16.3 Å². The maximum Gasteiger partial charge on any atom is 0.213 e. The van der Waals surface area contributed by atoms with E-state index in [1.165, 1.54) is 19.3 Å². The first kappa shape index (κ1) is 12.7. The number of rotatable bonds is 6. The zero-order valence-corrected chi connectivity index (χ0v) is 11.2. The van der Waals surface area contributed by atoms with Crippen LogP contribution < -0.4 is 4.74 Å². The van der Waals surface area contributed by atoms with Crippen molar-refractivity contribution < 1.29 is 4.74 Å². The summed E-state index contributed by atoms with van der Waals surface area (Å²) in [5, 5.41) is 0. The molecule has 0 amide bonds. The molecule has 0 saturated heterocycles. The standard InChI is InChI=1S/C14H20ClNO/c1-2-13-8-12(10-15)9-14(16-13)17-7-6-11-4-3-5-11/h8-9,11H,2-7,10H2,1H3. The Morgan fingerprint density at radius 3 is 2.82 bits per heavy atom. The van der Waals surface area contributed by atoms with Gasteiger partial charge in [0.2, 0.25) is 5.88 Å². The lowest BCUT2D eigenvalue weighted by atomic mass is 9.83. The highest BCUT2D eigenvalue weighted by Gasteiger charge is 2.17. The monoisotopic (exact) mass is 253 g/mol. The Hall–Kier alpha value is -0.760. The zero-order chi connectivity index (χ0) is 12.1. The first-order valence-corrected chi connectivity index (χ1v) is 7.04. The molecule has 3 heteroatoms. The van der Waals surface area contributed by atoms with Gasteiger partial charge in [0, 0.05) is 17.6 Å². The minimum absolute atomic E-state index is 0.522. The molecule has 1 fully saturated rings. The van der Waals surface area contributed by atoms with Gasteiger partial charge < -0.3 is 4.74 Å². The highest BCUT2D eigenvalue weighted by Crippen LogP contribution is 2.29. The number of aryl methyl sites for hydroxylation is 1. The molecule has 1 aromatic rings. The van der Waals surface area contributed by atoms with Crippen LogP contribution in [0.25, 0.3) is 0 Å². The third kappa shape index (κ3) is 3.60. The summed E-state index contributed by atoms with van der Waals surface area (Å²) < 4.78 is 5.73. The highest BCUT2D eigenvalue weighted by atomic mass is 35.5. The Bertz CT molecular complexity index is 341. The molecule has 1 heterocycles. The van der Waals surface area contributed by atoms with Gasteiger partial charge in [-0.1, -0.05) is 26.2 Å². The molecule has 0 radical (unpaired) electrons. The average Bonchev–Trinajstić information content (AvgIpc) is 2.31. The van der Waals surface area contributed by atoms with Crippen LogP contribution in [0, 0.1) is 5.92 Å². The van der Waals surface area contributed by atoms with Gasteiger partial charge in [0.15, 0.2) is 0 Å². The molecule has 17 heavy (non-hydrogen) atoms. The summed E-state index contributed by atoms with van der Waals surface area (Å²) in [6.45, 7) is 2.88. The van der Waals surface area contributed by atoms with Crippen LogP contribution in [0.4, 0.5) is 0 Å². The number of pyridine rings is 1. The fourth-order valence-corrected chi connectivity index (χ4v) is 2.22. The largest absolute Gasteiger partial charge is 0.478 e. The van der Waals surface area contributed by atoms with Crippen molar-refractivity contribution in [1.29, 1.82) is 0 Å². The molecule has 1 aliphatic rings. The molecule has 1 aromatic heterocycles. The third-order valence-electron chi connectivity index (χ3n) is 3.43. The second-order valence-corrected chi connectivity index (χ2v) is 4.99. The normalized spacial score (nSPS) is 15.6. The first-order valence-electron chi connectivity index (χ1n) is 6.50. The molecule has 0 spiro atoms. The average molecular weight is 254 g/mol. The topological polar surface area (TPSA) is 22.1 Å². The fourth-order valence-electron chi connectivity index (χ4n) is 2.06. The molecule has 0 bridgehead atoms.